The lowest BCUT2D eigenvalue weighted by atomic mass is 10.2. The lowest BCUT2D eigenvalue weighted by Crippen LogP contribution is -2.28. The molecule has 0 atom stereocenters. The number of benzene rings is 3. The van der Waals surface area contributed by atoms with Gasteiger partial charge in [-0.3, -0.25) is 9.59 Å². The molecule has 1 aromatic heterocycles. The van der Waals surface area contributed by atoms with Crippen molar-refractivity contribution in [2.24, 2.45) is 0 Å². The molecule has 0 saturated heterocycles. The van der Waals surface area contributed by atoms with Crippen LogP contribution < -0.4 is 20.3 Å². The molecule has 4 rings (SSSR count). The summed E-state index contributed by atoms with van der Waals surface area (Å²) in [6.07, 6.45) is 0.806. The number of carbonyl (C=O) groups excluding carboxylic acids is 2. The first-order valence-corrected chi connectivity index (χ1v) is 12.4. The van der Waals surface area contributed by atoms with Gasteiger partial charge < -0.3 is 20.3 Å². The number of rotatable bonds is 11. The number of ether oxygens (including phenoxy) is 1. The van der Waals surface area contributed by atoms with Crippen LogP contribution in [0.1, 0.15) is 31.6 Å². The lowest BCUT2D eigenvalue weighted by molar-refractivity contribution is 0.0952. The summed E-state index contributed by atoms with van der Waals surface area (Å²) in [7, 11) is 2.03. The van der Waals surface area contributed by atoms with Gasteiger partial charge >= 0.3 is 0 Å². The van der Waals surface area contributed by atoms with E-state index in [-0.39, 0.29) is 23.4 Å². The molecule has 2 amide bonds. The first-order valence-electron chi connectivity index (χ1n) is 11.5. The van der Waals surface area contributed by atoms with E-state index in [1.54, 1.807) is 24.3 Å². The van der Waals surface area contributed by atoms with Crippen molar-refractivity contribution in [1.29, 1.82) is 0 Å². The van der Waals surface area contributed by atoms with E-state index in [0.717, 1.165) is 35.7 Å². The van der Waals surface area contributed by atoms with Crippen molar-refractivity contribution < 1.29 is 14.3 Å². The van der Waals surface area contributed by atoms with E-state index in [0.29, 0.717) is 22.8 Å². The number of nitrogens with zero attached hydrogens (tertiary/aromatic N) is 3. The number of carbonyl (C=O) groups is 2. The predicted molar refractivity (Wildman–Crippen MR) is 142 cm³/mol. The van der Waals surface area contributed by atoms with Crippen LogP contribution in [-0.2, 0) is 6.61 Å². The van der Waals surface area contributed by atoms with Crippen molar-refractivity contribution in [3.63, 3.8) is 0 Å². The van der Waals surface area contributed by atoms with Crippen LogP contribution in [-0.4, -0.2) is 42.1 Å². The molecule has 8 nitrogen and oxygen atoms in total. The molecule has 1 heterocycles. The first-order chi connectivity index (χ1) is 17.6. The Bertz CT molecular complexity index is 1280. The van der Waals surface area contributed by atoms with Crippen molar-refractivity contribution >= 4 is 34.5 Å². The fourth-order valence-corrected chi connectivity index (χ4v) is 4.07. The summed E-state index contributed by atoms with van der Waals surface area (Å²) < 4.78 is 5.65. The number of amides is 2. The van der Waals surface area contributed by atoms with Crippen molar-refractivity contribution in [2.45, 2.75) is 13.0 Å². The van der Waals surface area contributed by atoms with Gasteiger partial charge in [0.05, 0.1) is 0 Å². The topological polar surface area (TPSA) is 96.5 Å². The summed E-state index contributed by atoms with van der Waals surface area (Å²) in [6.45, 7) is 1.59. The molecular formula is C27H27N5O3S. The van der Waals surface area contributed by atoms with Gasteiger partial charge in [-0.2, -0.15) is 0 Å². The van der Waals surface area contributed by atoms with Gasteiger partial charge in [-0.05, 0) is 48.9 Å². The van der Waals surface area contributed by atoms with Gasteiger partial charge in [0.1, 0.15) is 12.4 Å². The van der Waals surface area contributed by atoms with Gasteiger partial charge in [0.15, 0.2) is 5.01 Å². The number of para-hydroxylation sites is 2. The van der Waals surface area contributed by atoms with E-state index >= 15 is 0 Å². The fourth-order valence-electron chi connectivity index (χ4n) is 3.42. The number of aromatic nitrogens is 2. The van der Waals surface area contributed by atoms with E-state index in [2.05, 4.69) is 37.9 Å². The van der Waals surface area contributed by atoms with E-state index in [1.165, 1.54) is 0 Å². The van der Waals surface area contributed by atoms with Crippen LogP contribution in [0, 0.1) is 0 Å². The van der Waals surface area contributed by atoms with E-state index in [9.17, 15) is 9.59 Å². The molecule has 0 aliphatic rings. The Morgan fingerprint density at radius 2 is 1.67 bits per heavy atom. The quantitative estimate of drug-likeness (QED) is 0.291. The molecule has 0 spiro atoms. The normalized spacial score (nSPS) is 10.5. The highest BCUT2D eigenvalue weighted by atomic mass is 32.1. The number of hydrogen-bond donors (Lipinski definition) is 2. The van der Waals surface area contributed by atoms with Gasteiger partial charge in [-0.1, -0.05) is 53.8 Å². The molecule has 0 bridgehead atoms. The maximum atomic E-state index is 12.6. The second kappa shape index (κ2) is 12.5. The first kappa shape index (κ1) is 24.9. The van der Waals surface area contributed by atoms with Gasteiger partial charge in [-0.25, -0.2) is 0 Å². The molecular weight excluding hydrogens is 474 g/mol. The standard InChI is InChI=1S/C27H27N5O3S/c1-32(22-12-4-2-5-13-22)17-9-16-28-25(33)20-10-8-11-21(18-20)29-26(34)27-31-30-24(36-27)19-35-23-14-6-3-7-15-23/h2-8,10-15,18H,9,16-17,19H2,1H3,(H,28,33)(H,29,34). The van der Waals surface area contributed by atoms with Crippen LogP contribution in [0.4, 0.5) is 11.4 Å². The third-order valence-corrected chi connectivity index (χ3v) is 6.20. The van der Waals surface area contributed by atoms with Gasteiger partial charge in [0, 0.05) is 37.1 Å². The zero-order valence-electron chi connectivity index (χ0n) is 19.9. The molecule has 0 aliphatic heterocycles. The maximum absolute atomic E-state index is 12.6. The van der Waals surface area contributed by atoms with Crippen LogP contribution in [0.5, 0.6) is 5.75 Å². The van der Waals surface area contributed by atoms with Crippen molar-refractivity contribution in [1.82, 2.24) is 15.5 Å². The Morgan fingerprint density at radius 1 is 0.917 bits per heavy atom. The summed E-state index contributed by atoms with van der Waals surface area (Å²) in [5.74, 6) is 0.140. The Labute approximate surface area is 214 Å². The average molecular weight is 502 g/mol. The molecule has 0 saturated carbocycles. The Hall–Kier alpha value is -4.24. The smallest absolute Gasteiger partial charge is 0.286 e. The van der Waals surface area contributed by atoms with E-state index in [4.69, 9.17) is 4.74 Å². The summed E-state index contributed by atoms with van der Waals surface area (Å²) in [4.78, 5) is 27.4. The third-order valence-electron chi connectivity index (χ3n) is 5.30. The van der Waals surface area contributed by atoms with Gasteiger partial charge in [0.2, 0.25) is 5.01 Å². The second-order valence-corrected chi connectivity index (χ2v) is 9.07. The molecule has 0 radical (unpaired) electrons. The highest BCUT2D eigenvalue weighted by Crippen LogP contribution is 2.17. The summed E-state index contributed by atoms with van der Waals surface area (Å²) in [5, 5.41) is 14.5. The second-order valence-electron chi connectivity index (χ2n) is 8.00. The minimum Gasteiger partial charge on any atom is -0.486 e. The zero-order valence-corrected chi connectivity index (χ0v) is 20.7. The van der Waals surface area contributed by atoms with Crippen LogP contribution in [0.3, 0.4) is 0 Å². The number of hydrogen-bond acceptors (Lipinski definition) is 7. The maximum Gasteiger partial charge on any atom is 0.286 e. The monoisotopic (exact) mass is 501 g/mol. The van der Waals surface area contributed by atoms with Crippen molar-refractivity contribution in [2.75, 3.05) is 30.4 Å². The highest BCUT2D eigenvalue weighted by Gasteiger charge is 2.15. The van der Waals surface area contributed by atoms with E-state index in [1.807, 2.05) is 55.6 Å². The zero-order chi connectivity index (χ0) is 25.2. The Balaban J connectivity index is 1.24. The van der Waals surface area contributed by atoms with Gasteiger partial charge in [-0.15, -0.1) is 10.2 Å². The molecule has 36 heavy (non-hydrogen) atoms. The average Bonchev–Trinajstić information content (AvgIpc) is 3.40. The summed E-state index contributed by atoms with van der Waals surface area (Å²) >= 11 is 1.16. The van der Waals surface area contributed by atoms with Crippen molar-refractivity contribution in [3.8, 4) is 5.75 Å². The molecule has 9 heteroatoms. The molecule has 0 fully saturated rings. The Kier molecular flexibility index (Phi) is 8.61. The molecule has 0 unspecified atom stereocenters. The third kappa shape index (κ3) is 7.13. The molecule has 0 aliphatic carbocycles. The molecule has 3 aromatic carbocycles. The fraction of sp³-hybridized carbons (Fsp3) is 0.185. The number of anilines is 2. The molecule has 184 valence electrons. The molecule has 4 aromatic rings. The van der Waals surface area contributed by atoms with E-state index < -0.39 is 0 Å². The van der Waals surface area contributed by atoms with Crippen molar-refractivity contribution in [3.05, 3.63) is 101 Å². The minimum absolute atomic E-state index is 0.190. The molecule has 2 N–H and O–H groups in total. The largest absolute Gasteiger partial charge is 0.486 e. The Morgan fingerprint density at radius 3 is 2.44 bits per heavy atom. The van der Waals surface area contributed by atoms with Crippen LogP contribution in [0.15, 0.2) is 84.9 Å². The van der Waals surface area contributed by atoms with Crippen LogP contribution in [0.25, 0.3) is 0 Å². The minimum atomic E-state index is -0.389. The summed E-state index contributed by atoms with van der Waals surface area (Å²) in [5.41, 5.74) is 2.12. The van der Waals surface area contributed by atoms with Crippen LogP contribution in [0.2, 0.25) is 0 Å². The highest BCUT2D eigenvalue weighted by molar-refractivity contribution is 7.13. The summed E-state index contributed by atoms with van der Waals surface area (Å²) in [6, 6.07) is 26.3. The van der Waals surface area contributed by atoms with Crippen LogP contribution >= 0.6 is 11.3 Å². The lowest BCUT2D eigenvalue weighted by Gasteiger charge is -2.19. The SMILES string of the molecule is CN(CCCNC(=O)c1cccc(NC(=O)c2nnc(COc3ccccc3)s2)c1)c1ccccc1. The number of nitrogens with one attached hydrogen (secondary N) is 2. The predicted octanol–water partition coefficient (Wildman–Crippen LogP) is 4.63. The van der Waals surface area contributed by atoms with Gasteiger partial charge in [0.25, 0.3) is 11.8 Å².